The summed E-state index contributed by atoms with van der Waals surface area (Å²) in [5.41, 5.74) is 8.57. The maximum Gasteiger partial charge on any atom is 0.103 e. The molecule has 2 unspecified atom stereocenters. The van der Waals surface area contributed by atoms with Gasteiger partial charge in [-0.3, -0.25) is 0 Å². The van der Waals surface area contributed by atoms with Gasteiger partial charge in [0.25, 0.3) is 0 Å². The van der Waals surface area contributed by atoms with E-state index in [2.05, 4.69) is 21.5 Å². The van der Waals surface area contributed by atoms with Crippen molar-refractivity contribution in [3.05, 3.63) is 0 Å². The maximum absolute atomic E-state index is 2.96. The van der Waals surface area contributed by atoms with Crippen LogP contribution in [0.2, 0.25) is 0 Å². The zero-order valence-electron chi connectivity index (χ0n) is 3.23. The molecule has 4 heteroatoms. The number of nitrogens with zero attached hydrogens (tertiary/aromatic N) is 1. The van der Waals surface area contributed by atoms with E-state index in [1.165, 1.54) is 0 Å². The first-order chi connectivity index (χ1) is 2.97. The van der Waals surface area contributed by atoms with E-state index in [-0.39, 0.29) is 0 Å². The van der Waals surface area contributed by atoms with Crippen molar-refractivity contribution in [3.63, 3.8) is 0 Å². The predicted octanol–water partition coefficient (Wildman–Crippen LogP) is -1.84. The SMILES string of the molecule is C1C2NNNN12. The van der Waals surface area contributed by atoms with Crippen LogP contribution in [0.3, 0.4) is 0 Å². The molecule has 0 radical (unpaired) electrons. The summed E-state index contributed by atoms with van der Waals surface area (Å²) in [6.07, 6.45) is 0.574. The predicted molar refractivity (Wildman–Crippen MR) is 19.9 cm³/mol. The molecule has 0 aromatic rings. The number of hydrogen-bond acceptors (Lipinski definition) is 4. The van der Waals surface area contributed by atoms with Gasteiger partial charge in [0.05, 0.1) is 0 Å². The van der Waals surface area contributed by atoms with Crippen molar-refractivity contribution in [2.45, 2.75) is 6.17 Å². The van der Waals surface area contributed by atoms with Crippen LogP contribution in [0.25, 0.3) is 0 Å². The summed E-state index contributed by atoms with van der Waals surface area (Å²) >= 11 is 0. The van der Waals surface area contributed by atoms with Crippen LogP contribution in [0, 0.1) is 0 Å². The van der Waals surface area contributed by atoms with Crippen molar-refractivity contribution in [3.8, 4) is 0 Å². The average Bonchev–Trinajstić information content (AvgIpc) is 2.17. The largest absolute Gasteiger partial charge is 0.223 e. The first-order valence-electron chi connectivity index (χ1n) is 1.99. The summed E-state index contributed by atoms with van der Waals surface area (Å²) in [7, 11) is 0. The van der Waals surface area contributed by atoms with E-state index in [0.717, 1.165) is 6.54 Å². The van der Waals surface area contributed by atoms with Gasteiger partial charge >= 0.3 is 0 Å². The fourth-order valence-electron chi connectivity index (χ4n) is 0.574. The molecule has 3 N–H and O–H groups in total. The zero-order chi connectivity index (χ0) is 3.98. The highest BCUT2D eigenvalue weighted by Crippen LogP contribution is 2.09. The zero-order valence-corrected chi connectivity index (χ0v) is 3.23. The number of hydrazine groups is 3. The van der Waals surface area contributed by atoms with Gasteiger partial charge in [0.1, 0.15) is 6.17 Å². The lowest BCUT2D eigenvalue weighted by Crippen LogP contribution is -2.37. The van der Waals surface area contributed by atoms with Gasteiger partial charge in [-0.25, -0.2) is 10.4 Å². The molecule has 2 heterocycles. The Morgan fingerprint density at radius 2 is 2.67 bits per heavy atom. The molecule has 0 spiro atoms. The molecule has 0 aromatic heterocycles. The first kappa shape index (κ1) is 2.92. The molecule has 2 fully saturated rings. The van der Waals surface area contributed by atoms with Crippen molar-refractivity contribution in [1.82, 2.24) is 21.5 Å². The average molecular weight is 86.1 g/mol. The molecule has 0 saturated carbocycles. The second kappa shape index (κ2) is 0.737. The molecule has 0 bridgehead atoms. The van der Waals surface area contributed by atoms with E-state index in [9.17, 15) is 0 Å². The standard InChI is InChI=1S/C2H6N4/c1-2-3-4-5-6(1)2/h2-5H,1H2. The molecule has 0 aliphatic carbocycles. The Kier molecular flexibility index (Phi) is 0.359. The molecule has 4 nitrogen and oxygen atoms in total. The molecule has 0 aromatic carbocycles. The van der Waals surface area contributed by atoms with Crippen LogP contribution in [0.4, 0.5) is 0 Å². The molecular weight excluding hydrogens is 80.0 g/mol. The van der Waals surface area contributed by atoms with Crippen molar-refractivity contribution >= 4 is 0 Å². The highest BCUT2D eigenvalue weighted by Gasteiger charge is 2.38. The van der Waals surface area contributed by atoms with E-state index in [1.807, 2.05) is 0 Å². The third kappa shape index (κ3) is 0.221. The molecule has 0 amide bonds. The lowest BCUT2D eigenvalue weighted by atomic mass is 10.8. The van der Waals surface area contributed by atoms with Crippen LogP contribution in [0.1, 0.15) is 0 Å². The van der Waals surface area contributed by atoms with Crippen molar-refractivity contribution < 1.29 is 0 Å². The quantitative estimate of drug-likeness (QED) is 0.303. The lowest BCUT2D eigenvalue weighted by Gasteiger charge is -1.91. The molecule has 6 heavy (non-hydrogen) atoms. The Morgan fingerprint density at radius 3 is 2.83 bits per heavy atom. The van der Waals surface area contributed by atoms with Crippen LogP contribution < -0.4 is 16.5 Å². The number of nitrogens with one attached hydrogen (secondary N) is 3. The minimum atomic E-state index is 0.574. The third-order valence-electron chi connectivity index (χ3n) is 1.05. The van der Waals surface area contributed by atoms with E-state index in [1.54, 1.807) is 0 Å². The molecule has 2 rings (SSSR count). The molecule has 34 valence electrons. The van der Waals surface area contributed by atoms with E-state index < -0.39 is 0 Å². The summed E-state index contributed by atoms with van der Waals surface area (Å²) in [6, 6.07) is 0. The highest BCUT2D eigenvalue weighted by atomic mass is 15.9. The second-order valence-electron chi connectivity index (χ2n) is 1.55. The van der Waals surface area contributed by atoms with Gasteiger partial charge in [0, 0.05) is 6.54 Å². The van der Waals surface area contributed by atoms with Gasteiger partial charge in [-0.1, -0.05) is 0 Å². The van der Waals surface area contributed by atoms with Gasteiger partial charge in [-0.15, -0.1) is 0 Å². The van der Waals surface area contributed by atoms with E-state index >= 15 is 0 Å². The highest BCUT2D eigenvalue weighted by molar-refractivity contribution is 4.84. The second-order valence-corrected chi connectivity index (χ2v) is 1.55. The lowest BCUT2D eigenvalue weighted by molar-refractivity contribution is 0.383. The maximum atomic E-state index is 2.96. The first-order valence-corrected chi connectivity index (χ1v) is 1.99. The van der Waals surface area contributed by atoms with Crippen molar-refractivity contribution in [1.29, 1.82) is 0 Å². The Balaban J connectivity index is 2.09. The van der Waals surface area contributed by atoms with Crippen molar-refractivity contribution in [2.24, 2.45) is 0 Å². The summed E-state index contributed by atoms with van der Waals surface area (Å²) < 4.78 is 0. The summed E-state index contributed by atoms with van der Waals surface area (Å²) in [6.45, 7) is 1.13. The summed E-state index contributed by atoms with van der Waals surface area (Å²) in [5.74, 6) is 0. The fraction of sp³-hybridized carbons (Fsp3) is 1.00. The van der Waals surface area contributed by atoms with Crippen LogP contribution in [-0.4, -0.2) is 17.7 Å². The molecule has 2 atom stereocenters. The van der Waals surface area contributed by atoms with Crippen LogP contribution in [-0.2, 0) is 0 Å². The Hall–Kier alpha value is -0.160. The molecule has 2 aliphatic rings. The van der Waals surface area contributed by atoms with Crippen LogP contribution in [0.5, 0.6) is 0 Å². The summed E-state index contributed by atoms with van der Waals surface area (Å²) in [5, 5.41) is 2.06. The van der Waals surface area contributed by atoms with E-state index in [0.29, 0.717) is 6.17 Å². The van der Waals surface area contributed by atoms with Gasteiger partial charge in [0.15, 0.2) is 0 Å². The Morgan fingerprint density at radius 1 is 1.67 bits per heavy atom. The van der Waals surface area contributed by atoms with Crippen LogP contribution in [0.15, 0.2) is 0 Å². The number of rotatable bonds is 0. The van der Waals surface area contributed by atoms with Gasteiger partial charge in [-0.05, 0) is 0 Å². The van der Waals surface area contributed by atoms with Crippen LogP contribution >= 0.6 is 0 Å². The Labute approximate surface area is 35.4 Å². The molecular formula is C2H6N4. The van der Waals surface area contributed by atoms with E-state index in [4.69, 9.17) is 0 Å². The minimum Gasteiger partial charge on any atom is -0.223 e. The number of hydrogen-bond donors (Lipinski definition) is 3. The summed E-state index contributed by atoms with van der Waals surface area (Å²) in [4.78, 5) is 0. The fourth-order valence-corrected chi connectivity index (χ4v) is 0.574. The van der Waals surface area contributed by atoms with Gasteiger partial charge < -0.3 is 0 Å². The third-order valence-corrected chi connectivity index (χ3v) is 1.05. The van der Waals surface area contributed by atoms with Gasteiger partial charge in [0.2, 0.25) is 0 Å². The monoisotopic (exact) mass is 86.1 g/mol. The topological polar surface area (TPSA) is 39.1 Å². The molecule has 2 aliphatic heterocycles. The van der Waals surface area contributed by atoms with Crippen molar-refractivity contribution in [2.75, 3.05) is 6.54 Å². The normalized spacial score (nSPS) is 52.0. The smallest absolute Gasteiger partial charge is 0.103 e. The van der Waals surface area contributed by atoms with Gasteiger partial charge in [-0.2, -0.15) is 11.1 Å². The number of fused-ring (bicyclic) bond motifs is 1. The molecule has 2 saturated heterocycles. The minimum absolute atomic E-state index is 0.574. The Bertz CT molecular complexity index is 63.9.